The summed E-state index contributed by atoms with van der Waals surface area (Å²) in [5, 5.41) is 3.05. The zero-order valence-electron chi connectivity index (χ0n) is 12.9. The molecule has 1 amide bonds. The smallest absolute Gasteiger partial charge is 0.271 e. The van der Waals surface area contributed by atoms with E-state index in [1.165, 1.54) is 11.3 Å². The summed E-state index contributed by atoms with van der Waals surface area (Å²) in [5.74, 6) is 0.754. The fourth-order valence-corrected chi connectivity index (χ4v) is 3.67. The third-order valence-electron chi connectivity index (χ3n) is 4.03. The summed E-state index contributed by atoms with van der Waals surface area (Å²) in [4.78, 5) is 17.8. The molecule has 1 aliphatic rings. The average molecular weight is 336 g/mol. The van der Waals surface area contributed by atoms with Gasteiger partial charge in [0.05, 0.1) is 16.4 Å². The number of ether oxygens (including phenoxy) is 1. The van der Waals surface area contributed by atoms with Crippen molar-refractivity contribution in [2.45, 2.75) is 12.5 Å². The Morgan fingerprint density at radius 2 is 1.92 bits per heavy atom. The van der Waals surface area contributed by atoms with Crippen molar-refractivity contribution in [1.82, 2.24) is 10.3 Å². The molecule has 0 bridgehead atoms. The quantitative estimate of drug-likeness (QED) is 0.796. The van der Waals surface area contributed by atoms with Crippen LogP contribution in [0.2, 0.25) is 0 Å². The molecule has 0 radical (unpaired) electrons. The summed E-state index contributed by atoms with van der Waals surface area (Å²) >= 11 is 1.48. The Labute approximate surface area is 144 Å². The molecule has 1 aromatic heterocycles. The van der Waals surface area contributed by atoms with E-state index in [0.717, 1.165) is 28.2 Å². The van der Waals surface area contributed by atoms with Crippen LogP contribution in [0.25, 0.3) is 10.4 Å². The third-order valence-corrected chi connectivity index (χ3v) is 4.91. The first-order chi connectivity index (χ1) is 11.8. The van der Waals surface area contributed by atoms with Gasteiger partial charge < -0.3 is 10.1 Å². The van der Waals surface area contributed by atoms with Crippen molar-refractivity contribution in [2.24, 2.45) is 0 Å². The second kappa shape index (κ2) is 6.45. The number of hydrogen-bond acceptors (Lipinski definition) is 4. The first-order valence-electron chi connectivity index (χ1n) is 7.82. The molecule has 1 atom stereocenters. The molecule has 0 spiro atoms. The van der Waals surface area contributed by atoms with Crippen LogP contribution in [0.4, 0.5) is 0 Å². The summed E-state index contributed by atoms with van der Waals surface area (Å²) in [6.45, 7) is 0.480. The first kappa shape index (κ1) is 14.9. The zero-order chi connectivity index (χ0) is 16.4. The predicted octanol–water partition coefficient (Wildman–Crippen LogP) is 3.54. The van der Waals surface area contributed by atoms with Crippen LogP contribution in [0.5, 0.6) is 5.75 Å². The Bertz CT molecular complexity index is 861. The van der Waals surface area contributed by atoms with Gasteiger partial charge >= 0.3 is 0 Å². The lowest BCUT2D eigenvalue weighted by atomic mass is 10.0. The lowest BCUT2D eigenvalue weighted by Crippen LogP contribution is -2.42. The molecule has 2 aromatic carbocycles. The first-order valence-corrected chi connectivity index (χ1v) is 8.69. The molecule has 0 aliphatic carbocycles. The molecule has 3 aromatic rings. The van der Waals surface area contributed by atoms with Crippen LogP contribution in [0.3, 0.4) is 0 Å². The van der Waals surface area contributed by atoms with E-state index in [-0.39, 0.29) is 11.9 Å². The minimum Gasteiger partial charge on any atom is -0.491 e. The second-order valence-corrected chi connectivity index (χ2v) is 6.54. The van der Waals surface area contributed by atoms with Crippen LogP contribution in [0.1, 0.15) is 16.1 Å². The van der Waals surface area contributed by atoms with Crippen LogP contribution in [0, 0.1) is 0 Å². The normalized spacial score (nSPS) is 16.1. The van der Waals surface area contributed by atoms with Crippen molar-refractivity contribution in [2.75, 3.05) is 6.61 Å². The fourth-order valence-electron chi connectivity index (χ4n) is 2.88. The van der Waals surface area contributed by atoms with E-state index < -0.39 is 0 Å². The topological polar surface area (TPSA) is 51.2 Å². The van der Waals surface area contributed by atoms with Crippen LogP contribution in [-0.4, -0.2) is 23.5 Å². The van der Waals surface area contributed by atoms with Crippen molar-refractivity contribution in [1.29, 1.82) is 0 Å². The van der Waals surface area contributed by atoms with E-state index in [1.807, 2.05) is 54.6 Å². The number of carbonyl (C=O) groups excluding carboxylic acids is 1. The fraction of sp³-hybridized carbons (Fsp3) is 0.158. The van der Waals surface area contributed by atoms with Gasteiger partial charge in [-0.05, 0) is 23.6 Å². The number of nitrogens with one attached hydrogen (secondary N) is 1. The van der Waals surface area contributed by atoms with Crippen molar-refractivity contribution in [3.63, 3.8) is 0 Å². The van der Waals surface area contributed by atoms with Gasteiger partial charge in [-0.3, -0.25) is 4.79 Å². The minimum absolute atomic E-state index is 0.0438. The number of thiazole rings is 1. The van der Waals surface area contributed by atoms with Gasteiger partial charge in [-0.1, -0.05) is 48.5 Å². The Kier molecular flexibility index (Phi) is 4.01. The van der Waals surface area contributed by atoms with Crippen LogP contribution in [-0.2, 0) is 6.42 Å². The van der Waals surface area contributed by atoms with E-state index >= 15 is 0 Å². The molecule has 5 heteroatoms. The molecular weight excluding hydrogens is 320 g/mol. The summed E-state index contributed by atoms with van der Waals surface area (Å²) in [6.07, 6.45) is 0.771. The third kappa shape index (κ3) is 2.90. The van der Waals surface area contributed by atoms with Gasteiger partial charge in [-0.25, -0.2) is 4.98 Å². The molecule has 2 heterocycles. The monoisotopic (exact) mass is 336 g/mol. The van der Waals surface area contributed by atoms with E-state index in [2.05, 4.69) is 10.3 Å². The molecule has 0 unspecified atom stereocenters. The van der Waals surface area contributed by atoms with Gasteiger partial charge in [-0.2, -0.15) is 0 Å². The van der Waals surface area contributed by atoms with Crippen molar-refractivity contribution in [3.8, 4) is 16.2 Å². The SMILES string of the molecule is O=C(N[C@H]1COc2ccccc2C1)c1ncsc1-c1ccccc1. The second-order valence-electron chi connectivity index (χ2n) is 5.69. The lowest BCUT2D eigenvalue weighted by molar-refractivity contribution is 0.0911. The van der Waals surface area contributed by atoms with Crippen LogP contribution in [0.15, 0.2) is 60.1 Å². The van der Waals surface area contributed by atoms with Crippen molar-refractivity contribution < 1.29 is 9.53 Å². The molecule has 0 saturated carbocycles. The van der Waals surface area contributed by atoms with Gasteiger partial charge in [0.15, 0.2) is 0 Å². The highest BCUT2D eigenvalue weighted by atomic mass is 32.1. The highest BCUT2D eigenvalue weighted by Gasteiger charge is 2.24. The number of nitrogens with zero attached hydrogens (tertiary/aromatic N) is 1. The summed E-state index contributed by atoms with van der Waals surface area (Å²) in [6, 6.07) is 17.8. The number of aromatic nitrogens is 1. The summed E-state index contributed by atoms with van der Waals surface area (Å²) in [5.41, 5.74) is 4.32. The number of para-hydroxylation sites is 1. The van der Waals surface area contributed by atoms with Crippen molar-refractivity contribution >= 4 is 17.2 Å². The molecule has 1 aliphatic heterocycles. The summed E-state index contributed by atoms with van der Waals surface area (Å²) < 4.78 is 5.74. The van der Waals surface area contributed by atoms with E-state index in [4.69, 9.17) is 4.74 Å². The molecule has 24 heavy (non-hydrogen) atoms. The molecular formula is C19H16N2O2S. The Morgan fingerprint density at radius 1 is 1.12 bits per heavy atom. The standard InChI is InChI=1S/C19H16N2O2S/c22-19(17-18(24-12-20-17)13-6-2-1-3-7-13)21-15-10-14-8-4-5-9-16(14)23-11-15/h1-9,12,15H,10-11H2,(H,21,22)/t15-/m1/s1. The van der Waals surface area contributed by atoms with Gasteiger partial charge in [0, 0.05) is 0 Å². The molecule has 4 nitrogen and oxygen atoms in total. The Balaban J connectivity index is 1.51. The summed E-state index contributed by atoms with van der Waals surface area (Å²) in [7, 11) is 0. The number of benzene rings is 2. The Morgan fingerprint density at radius 3 is 2.79 bits per heavy atom. The number of amides is 1. The van der Waals surface area contributed by atoms with Gasteiger partial charge in [0.1, 0.15) is 18.1 Å². The number of fused-ring (bicyclic) bond motifs is 1. The molecule has 120 valence electrons. The molecule has 0 saturated heterocycles. The Hall–Kier alpha value is -2.66. The zero-order valence-corrected chi connectivity index (χ0v) is 13.8. The minimum atomic E-state index is -0.150. The number of carbonyl (C=O) groups is 1. The molecule has 1 N–H and O–H groups in total. The van der Waals surface area contributed by atoms with E-state index in [9.17, 15) is 4.79 Å². The van der Waals surface area contributed by atoms with E-state index in [0.29, 0.717) is 12.3 Å². The maximum atomic E-state index is 12.7. The van der Waals surface area contributed by atoms with Gasteiger partial charge in [0.2, 0.25) is 0 Å². The lowest BCUT2D eigenvalue weighted by Gasteiger charge is -2.25. The molecule has 4 rings (SSSR count). The van der Waals surface area contributed by atoms with Crippen LogP contribution < -0.4 is 10.1 Å². The van der Waals surface area contributed by atoms with Gasteiger partial charge in [0.25, 0.3) is 5.91 Å². The maximum Gasteiger partial charge on any atom is 0.271 e. The average Bonchev–Trinajstić information content (AvgIpc) is 3.12. The number of hydrogen-bond donors (Lipinski definition) is 1. The van der Waals surface area contributed by atoms with Gasteiger partial charge in [-0.15, -0.1) is 11.3 Å². The van der Waals surface area contributed by atoms with Crippen LogP contribution >= 0.6 is 11.3 Å². The highest BCUT2D eigenvalue weighted by Crippen LogP contribution is 2.28. The number of rotatable bonds is 3. The molecule has 0 fully saturated rings. The largest absolute Gasteiger partial charge is 0.491 e. The van der Waals surface area contributed by atoms with Crippen molar-refractivity contribution in [3.05, 3.63) is 71.4 Å². The van der Waals surface area contributed by atoms with E-state index in [1.54, 1.807) is 5.51 Å². The highest BCUT2D eigenvalue weighted by molar-refractivity contribution is 7.13. The maximum absolute atomic E-state index is 12.7. The predicted molar refractivity (Wildman–Crippen MR) is 94.4 cm³/mol.